The van der Waals surface area contributed by atoms with E-state index >= 15 is 0 Å². The second-order valence-electron chi connectivity index (χ2n) is 17.8. The molecule has 0 bridgehead atoms. The second-order valence-corrected chi connectivity index (χ2v) is 18.9. The third kappa shape index (κ3) is 7.20. The van der Waals surface area contributed by atoms with Crippen LogP contribution in [0.2, 0.25) is 0 Å². The Bertz CT molecular complexity index is 4040. The van der Waals surface area contributed by atoms with Crippen LogP contribution >= 0.6 is 11.3 Å². The van der Waals surface area contributed by atoms with E-state index in [1.807, 2.05) is 47.7 Å². The number of hydrogen-bond acceptors (Lipinski definition) is 4. The lowest BCUT2D eigenvalue weighted by Gasteiger charge is -2.19. The van der Waals surface area contributed by atoms with Gasteiger partial charge in [0.05, 0.1) is 17.1 Å². The van der Waals surface area contributed by atoms with Crippen LogP contribution in [0, 0.1) is 0 Å². The third-order valence-electron chi connectivity index (χ3n) is 13.7. The summed E-state index contributed by atoms with van der Waals surface area (Å²) < 4.78 is 7.27. The average Bonchev–Trinajstić information content (AvgIpc) is 4.11. The summed E-state index contributed by atoms with van der Waals surface area (Å²) in [7, 11) is 0. The van der Waals surface area contributed by atoms with Gasteiger partial charge in [-0.05, 0) is 96.3 Å². The molecule has 0 fully saturated rings. The highest BCUT2D eigenvalue weighted by Gasteiger charge is 2.21. The maximum absolute atomic E-state index is 5.14. The Kier molecular flexibility index (Phi) is 10.3. The van der Waals surface area contributed by atoms with Crippen molar-refractivity contribution in [2.24, 2.45) is 0 Å². The molecular formula is C64H45N5S. The summed E-state index contributed by atoms with van der Waals surface area (Å²) >= 11 is 1.81. The van der Waals surface area contributed by atoms with E-state index in [4.69, 9.17) is 15.0 Å². The van der Waals surface area contributed by atoms with E-state index in [0.717, 1.165) is 33.5 Å². The summed E-state index contributed by atoms with van der Waals surface area (Å²) in [5, 5.41) is 6.08. The number of hydrogen-bond donors (Lipinski definition) is 0. The van der Waals surface area contributed by atoms with Crippen LogP contribution < -0.4 is 0 Å². The van der Waals surface area contributed by atoms with Crippen molar-refractivity contribution in [1.29, 1.82) is 0 Å². The van der Waals surface area contributed by atoms with Gasteiger partial charge in [-0.2, -0.15) is 0 Å². The minimum atomic E-state index is 0.269. The van der Waals surface area contributed by atoms with Crippen molar-refractivity contribution in [3.05, 3.63) is 242 Å². The number of aromatic nitrogens is 5. The topological polar surface area (TPSA) is 48.5 Å². The van der Waals surface area contributed by atoms with Crippen LogP contribution in [-0.2, 0) is 0 Å². The fourth-order valence-corrected chi connectivity index (χ4v) is 11.7. The van der Waals surface area contributed by atoms with Crippen molar-refractivity contribution in [2.75, 3.05) is 0 Å². The van der Waals surface area contributed by atoms with E-state index in [1.165, 1.54) is 76.1 Å². The molecule has 12 aromatic rings. The summed E-state index contributed by atoms with van der Waals surface area (Å²) in [5.74, 6) is 1.97. The molecule has 4 aromatic heterocycles. The van der Waals surface area contributed by atoms with E-state index in [2.05, 4.69) is 216 Å². The standard InChI is InChI=1S/C64H45N5S/c1-2-42(33-36-50-39-47-23-15-16-32-57(47)68(50)48-24-11-5-12-25-48)45-34-37-58-55(40-45)56-41-46(35-38-59(56)69(58)49-26-13-6-14-27-49)51-28-17-29-52-53-30-18-31-54(61(53)70-60(51)52)64-66-62(43-19-7-3-8-20-43)65-63(67-64)44-21-9-4-10-22-44/h2-24,26-41,48H,25H2,1H3/b36-33-,42-2+. The fourth-order valence-electron chi connectivity index (χ4n) is 10.4. The Morgan fingerprint density at radius 1 is 0.529 bits per heavy atom. The highest BCUT2D eigenvalue weighted by molar-refractivity contribution is 7.26. The van der Waals surface area contributed by atoms with Gasteiger partial charge in [0, 0.05) is 69.9 Å². The predicted octanol–water partition coefficient (Wildman–Crippen LogP) is 17.1. The molecule has 1 aliphatic rings. The Balaban J connectivity index is 0.943. The van der Waals surface area contributed by atoms with Gasteiger partial charge in [-0.3, -0.25) is 0 Å². The van der Waals surface area contributed by atoms with Gasteiger partial charge < -0.3 is 9.13 Å². The molecule has 1 atom stereocenters. The maximum atomic E-state index is 5.14. The summed E-state index contributed by atoms with van der Waals surface area (Å²) in [6.07, 6.45) is 16.7. The van der Waals surface area contributed by atoms with Crippen LogP contribution in [0.1, 0.15) is 30.6 Å². The largest absolute Gasteiger partial charge is 0.334 e. The molecule has 70 heavy (non-hydrogen) atoms. The number of benzene rings is 8. The van der Waals surface area contributed by atoms with Gasteiger partial charge in [0.15, 0.2) is 17.5 Å². The van der Waals surface area contributed by atoms with Crippen molar-refractivity contribution >= 4 is 75.9 Å². The molecule has 6 heteroatoms. The van der Waals surface area contributed by atoms with Gasteiger partial charge in [0.2, 0.25) is 0 Å². The minimum Gasteiger partial charge on any atom is -0.334 e. The van der Waals surface area contributed by atoms with Crippen LogP contribution in [0.4, 0.5) is 0 Å². The molecule has 0 spiro atoms. The average molecular weight is 916 g/mol. The predicted molar refractivity (Wildman–Crippen MR) is 295 cm³/mol. The zero-order chi connectivity index (χ0) is 46.5. The summed E-state index contributed by atoms with van der Waals surface area (Å²) in [4.78, 5) is 15.3. The van der Waals surface area contributed by atoms with E-state index in [0.29, 0.717) is 17.5 Å². The molecule has 0 radical (unpaired) electrons. The van der Waals surface area contributed by atoms with Crippen molar-refractivity contribution in [2.45, 2.75) is 19.4 Å². The van der Waals surface area contributed by atoms with E-state index in [1.54, 1.807) is 0 Å². The van der Waals surface area contributed by atoms with Gasteiger partial charge in [-0.15, -0.1) is 11.3 Å². The van der Waals surface area contributed by atoms with Gasteiger partial charge >= 0.3 is 0 Å². The molecule has 0 N–H and O–H groups in total. The van der Waals surface area contributed by atoms with E-state index in [-0.39, 0.29) is 6.04 Å². The first kappa shape index (κ1) is 41.5. The first-order chi connectivity index (χ1) is 34.7. The molecule has 0 amide bonds. The molecule has 0 aliphatic heterocycles. The van der Waals surface area contributed by atoms with Crippen molar-refractivity contribution < 1.29 is 0 Å². The normalized spacial score (nSPS) is 14.1. The number of para-hydroxylation sites is 2. The van der Waals surface area contributed by atoms with Crippen LogP contribution in [0.5, 0.6) is 0 Å². The molecule has 1 aliphatic carbocycles. The molecule has 0 saturated heterocycles. The van der Waals surface area contributed by atoms with Crippen LogP contribution in [-0.4, -0.2) is 24.1 Å². The lowest BCUT2D eigenvalue weighted by Crippen LogP contribution is -2.08. The zero-order valence-electron chi connectivity index (χ0n) is 38.4. The number of fused-ring (bicyclic) bond motifs is 7. The first-order valence-corrected chi connectivity index (χ1v) is 24.7. The Morgan fingerprint density at radius 2 is 1.16 bits per heavy atom. The number of rotatable bonds is 9. The zero-order valence-corrected chi connectivity index (χ0v) is 39.3. The van der Waals surface area contributed by atoms with Gasteiger partial charge in [-0.1, -0.05) is 176 Å². The van der Waals surface area contributed by atoms with E-state index < -0.39 is 0 Å². The molecule has 1 unspecified atom stereocenters. The highest BCUT2D eigenvalue weighted by Crippen LogP contribution is 2.45. The fraction of sp³-hybridized carbons (Fsp3) is 0.0469. The van der Waals surface area contributed by atoms with Gasteiger partial charge in [-0.25, -0.2) is 15.0 Å². The van der Waals surface area contributed by atoms with Crippen LogP contribution in [0.25, 0.3) is 116 Å². The van der Waals surface area contributed by atoms with Crippen LogP contribution in [0.3, 0.4) is 0 Å². The number of nitrogens with zero attached hydrogens (tertiary/aromatic N) is 5. The summed E-state index contributed by atoms with van der Waals surface area (Å²) in [6.45, 7) is 2.14. The molecular weight excluding hydrogens is 871 g/mol. The Hall–Kier alpha value is -8.71. The van der Waals surface area contributed by atoms with Crippen molar-refractivity contribution in [1.82, 2.24) is 24.1 Å². The van der Waals surface area contributed by atoms with Crippen molar-refractivity contribution in [3.63, 3.8) is 0 Å². The third-order valence-corrected chi connectivity index (χ3v) is 15.0. The smallest absolute Gasteiger partial charge is 0.165 e. The van der Waals surface area contributed by atoms with Crippen molar-refractivity contribution in [3.8, 4) is 51.0 Å². The highest BCUT2D eigenvalue weighted by atomic mass is 32.1. The quantitative estimate of drug-likeness (QED) is 0.136. The monoisotopic (exact) mass is 915 g/mol. The van der Waals surface area contributed by atoms with Gasteiger partial charge in [0.25, 0.3) is 0 Å². The number of allylic oxidation sites excluding steroid dienone is 7. The lowest BCUT2D eigenvalue weighted by atomic mass is 9.98. The summed E-state index contributed by atoms with van der Waals surface area (Å²) in [5.41, 5.74) is 13.5. The Labute approximate surface area is 410 Å². The lowest BCUT2D eigenvalue weighted by molar-refractivity contribution is 0.625. The van der Waals surface area contributed by atoms with E-state index in [9.17, 15) is 0 Å². The molecule has 4 heterocycles. The summed E-state index contributed by atoms with van der Waals surface area (Å²) in [6, 6.07) is 69.6. The second kappa shape index (κ2) is 17.4. The minimum absolute atomic E-state index is 0.269. The number of thiophene rings is 1. The molecule has 5 nitrogen and oxygen atoms in total. The molecule has 8 aromatic carbocycles. The van der Waals surface area contributed by atoms with Gasteiger partial charge in [0.1, 0.15) is 0 Å². The first-order valence-electron chi connectivity index (χ1n) is 23.9. The maximum Gasteiger partial charge on any atom is 0.165 e. The Morgan fingerprint density at radius 3 is 1.86 bits per heavy atom. The molecule has 332 valence electrons. The molecule has 0 saturated carbocycles. The molecule has 13 rings (SSSR count). The SMILES string of the molecule is C/C=C(\C=C/c1cc2ccccc2n1C1C=CC=CC1)c1ccc2c(c1)c1cc(-c3cccc4c3sc3c(-c5nc(-c6ccccc6)nc(-c6ccccc6)n5)cccc34)ccc1n2-c1ccccc1. The van der Waals surface area contributed by atoms with Crippen LogP contribution in [0.15, 0.2) is 231 Å².